The summed E-state index contributed by atoms with van der Waals surface area (Å²) >= 11 is 0. The summed E-state index contributed by atoms with van der Waals surface area (Å²) in [6, 6.07) is 16.4. The summed E-state index contributed by atoms with van der Waals surface area (Å²) < 4.78 is 15.4. The van der Waals surface area contributed by atoms with Gasteiger partial charge in [-0.3, -0.25) is 9.59 Å². The maximum Gasteiger partial charge on any atom is 0.406 e. The highest BCUT2D eigenvalue weighted by molar-refractivity contribution is 7.65. The Hall–Kier alpha value is -5.12. The molecule has 0 radical (unpaired) electrons. The fourth-order valence-corrected chi connectivity index (χ4v) is 6.96. The van der Waals surface area contributed by atoms with E-state index < -0.39 is 12.2 Å². The van der Waals surface area contributed by atoms with Gasteiger partial charge in [0, 0.05) is 59.6 Å². The first-order chi connectivity index (χ1) is 23.3. The zero-order chi connectivity index (χ0) is 33.6. The number of nitrogens with zero attached hydrogens (tertiary/aromatic N) is 2. The lowest BCUT2D eigenvalue weighted by Crippen LogP contribution is -2.25. The molecule has 246 valence electrons. The van der Waals surface area contributed by atoms with Crippen LogP contribution in [0.25, 0.3) is 44.4 Å². The zero-order valence-corrected chi connectivity index (χ0v) is 28.1. The van der Waals surface area contributed by atoms with E-state index in [9.17, 15) is 19.2 Å². The number of hydrogen-bond acceptors (Lipinski definition) is 9. The van der Waals surface area contributed by atoms with E-state index in [1.54, 1.807) is 12.4 Å². The molecule has 13 nitrogen and oxygen atoms in total. The standard InChI is InChI=1S/C33H32N6O7P2/c1-44-32(42)34-11-9-27(40)47-30-36-15-25(38-30)19-5-7-23-18(13-19)3-8-24-22-6-4-20(14-21(22)17-46-29(23)24)26-16-37-31(39-26)48-28(41)10-12-35-33(43)45-2/h3-8,13-16,47-48H,9-12,17H2,1-2H3,(H,34,42)(H,35,43)(H,36,38)(H,37,39). The molecule has 2 amide bonds. The van der Waals surface area contributed by atoms with Gasteiger partial charge in [-0.2, -0.15) is 0 Å². The number of carbonyl (C=O) groups is 4. The zero-order valence-electron chi connectivity index (χ0n) is 26.1. The van der Waals surface area contributed by atoms with Crippen LogP contribution in [0, 0.1) is 0 Å². The topological polar surface area (TPSA) is 177 Å². The van der Waals surface area contributed by atoms with Crippen molar-refractivity contribution in [3.05, 3.63) is 66.5 Å². The summed E-state index contributed by atoms with van der Waals surface area (Å²) in [6.07, 6.45) is 2.70. The molecule has 15 heteroatoms. The number of methoxy groups -OCH3 is 2. The van der Waals surface area contributed by atoms with Crippen molar-refractivity contribution < 1.29 is 33.4 Å². The van der Waals surface area contributed by atoms with Gasteiger partial charge in [-0.1, -0.05) is 30.3 Å². The van der Waals surface area contributed by atoms with Crippen LogP contribution in [0.5, 0.6) is 5.75 Å². The van der Waals surface area contributed by atoms with Gasteiger partial charge in [-0.25, -0.2) is 19.6 Å². The maximum absolute atomic E-state index is 12.3. The summed E-state index contributed by atoms with van der Waals surface area (Å²) in [5, 5.41) is 7.01. The molecule has 0 spiro atoms. The molecule has 0 bridgehead atoms. The summed E-state index contributed by atoms with van der Waals surface area (Å²) in [5.41, 5.74) is 7.75. The number of fused-ring (bicyclic) bond motifs is 5. The lowest BCUT2D eigenvalue weighted by Gasteiger charge is -2.23. The van der Waals surface area contributed by atoms with Gasteiger partial charge in [0.2, 0.25) is 0 Å². The molecule has 2 unspecified atom stereocenters. The molecular formula is C33H32N6O7P2. The Morgan fingerprint density at radius 2 is 1.33 bits per heavy atom. The van der Waals surface area contributed by atoms with E-state index in [0.717, 1.165) is 55.7 Å². The molecule has 0 aliphatic carbocycles. The van der Waals surface area contributed by atoms with Crippen molar-refractivity contribution >= 4 is 62.3 Å². The van der Waals surface area contributed by atoms with Gasteiger partial charge >= 0.3 is 12.2 Å². The predicted octanol–water partition coefficient (Wildman–Crippen LogP) is 4.33. The Labute approximate surface area is 278 Å². The van der Waals surface area contributed by atoms with Gasteiger partial charge in [0.1, 0.15) is 23.5 Å². The van der Waals surface area contributed by atoms with Gasteiger partial charge in [-0.05, 0) is 40.3 Å². The van der Waals surface area contributed by atoms with Crippen LogP contribution in [-0.4, -0.2) is 70.5 Å². The van der Waals surface area contributed by atoms with Crippen molar-refractivity contribution in [1.82, 2.24) is 30.6 Å². The third kappa shape index (κ3) is 7.54. The number of carbonyl (C=O) groups excluding carboxylic acids is 4. The number of hydrogen-bond donors (Lipinski definition) is 4. The van der Waals surface area contributed by atoms with E-state index in [2.05, 4.69) is 70.4 Å². The molecule has 2 atom stereocenters. The van der Waals surface area contributed by atoms with Crippen LogP contribution < -0.4 is 26.5 Å². The number of aromatic nitrogens is 4. The van der Waals surface area contributed by atoms with Crippen LogP contribution >= 0.6 is 17.2 Å². The van der Waals surface area contributed by atoms with E-state index in [1.807, 2.05) is 18.2 Å². The lowest BCUT2D eigenvalue weighted by atomic mass is 9.92. The van der Waals surface area contributed by atoms with Crippen molar-refractivity contribution in [1.29, 1.82) is 0 Å². The summed E-state index contributed by atoms with van der Waals surface area (Å²) in [6.45, 7) is 0.828. The van der Waals surface area contributed by atoms with Crippen molar-refractivity contribution in [2.24, 2.45) is 0 Å². The van der Waals surface area contributed by atoms with Gasteiger partial charge in [0.15, 0.2) is 11.0 Å². The second-order valence-electron chi connectivity index (χ2n) is 10.8. The number of ether oxygens (including phenoxy) is 3. The third-order valence-electron chi connectivity index (χ3n) is 7.64. The number of H-pyrrole nitrogens is 2. The minimum Gasteiger partial charge on any atom is -0.488 e. The van der Waals surface area contributed by atoms with Crippen molar-refractivity contribution in [2.45, 2.75) is 19.4 Å². The highest BCUT2D eigenvalue weighted by Gasteiger charge is 2.21. The first-order valence-corrected chi connectivity index (χ1v) is 17.0. The molecular weight excluding hydrogens is 654 g/mol. The van der Waals surface area contributed by atoms with Crippen LogP contribution in [0.15, 0.2) is 60.9 Å². The van der Waals surface area contributed by atoms with Crippen LogP contribution in [-0.2, 0) is 25.7 Å². The van der Waals surface area contributed by atoms with E-state index in [0.29, 0.717) is 17.7 Å². The number of rotatable bonds is 12. The summed E-state index contributed by atoms with van der Waals surface area (Å²) in [4.78, 5) is 62.3. The molecule has 48 heavy (non-hydrogen) atoms. The minimum atomic E-state index is -0.565. The third-order valence-corrected chi connectivity index (χ3v) is 9.68. The molecule has 5 aromatic rings. The molecule has 4 N–H and O–H groups in total. The number of aromatic amines is 2. The fourth-order valence-electron chi connectivity index (χ4n) is 5.28. The molecule has 6 rings (SSSR count). The molecule has 3 aromatic carbocycles. The average Bonchev–Trinajstić information content (AvgIpc) is 3.77. The van der Waals surface area contributed by atoms with Gasteiger partial charge < -0.3 is 34.8 Å². The average molecular weight is 687 g/mol. The molecule has 1 aliphatic rings. The second-order valence-corrected chi connectivity index (χ2v) is 13.3. The van der Waals surface area contributed by atoms with Gasteiger partial charge in [-0.15, -0.1) is 0 Å². The van der Waals surface area contributed by atoms with Gasteiger partial charge in [0.25, 0.3) is 0 Å². The minimum absolute atomic E-state index is 0.0216. The number of imidazole rings is 2. The van der Waals surface area contributed by atoms with E-state index in [1.165, 1.54) is 14.2 Å². The van der Waals surface area contributed by atoms with E-state index >= 15 is 0 Å². The lowest BCUT2D eigenvalue weighted by molar-refractivity contribution is -0.111. The van der Waals surface area contributed by atoms with Gasteiger partial charge in [0.05, 0.1) is 38.0 Å². The van der Waals surface area contributed by atoms with E-state index in [-0.39, 0.29) is 54.1 Å². The number of amides is 2. The largest absolute Gasteiger partial charge is 0.488 e. The monoisotopic (exact) mass is 686 g/mol. The fraction of sp³-hybridized carbons (Fsp3) is 0.212. The van der Waals surface area contributed by atoms with E-state index in [4.69, 9.17) is 4.74 Å². The van der Waals surface area contributed by atoms with Crippen molar-refractivity contribution in [2.75, 3.05) is 27.3 Å². The molecule has 1 aliphatic heterocycles. The smallest absolute Gasteiger partial charge is 0.406 e. The first-order valence-electron chi connectivity index (χ1n) is 15.0. The predicted molar refractivity (Wildman–Crippen MR) is 185 cm³/mol. The van der Waals surface area contributed by atoms with Crippen LogP contribution in [0.2, 0.25) is 0 Å². The highest BCUT2D eigenvalue weighted by Crippen LogP contribution is 2.43. The molecule has 2 aromatic heterocycles. The highest BCUT2D eigenvalue weighted by atomic mass is 31.1. The quantitative estimate of drug-likeness (QED) is 0.139. The van der Waals surface area contributed by atoms with Crippen molar-refractivity contribution in [3.8, 4) is 39.4 Å². The normalized spacial score (nSPS) is 12.1. The maximum atomic E-state index is 12.3. The Morgan fingerprint density at radius 3 is 1.94 bits per heavy atom. The van der Waals surface area contributed by atoms with Crippen LogP contribution in [0.1, 0.15) is 18.4 Å². The molecule has 0 fully saturated rings. The second kappa shape index (κ2) is 14.8. The molecule has 3 heterocycles. The Bertz CT molecular complexity index is 2020. The Morgan fingerprint density at radius 1 is 0.771 bits per heavy atom. The summed E-state index contributed by atoms with van der Waals surface area (Å²) in [5.74, 6) is 0.822. The number of benzene rings is 3. The number of nitrogens with one attached hydrogen (secondary N) is 4. The first kappa shape index (κ1) is 32.8. The molecule has 0 saturated heterocycles. The van der Waals surface area contributed by atoms with Crippen molar-refractivity contribution in [3.63, 3.8) is 0 Å². The number of alkyl carbamates (subject to hydrolysis) is 2. The molecule has 0 saturated carbocycles. The summed E-state index contributed by atoms with van der Waals surface area (Å²) in [7, 11) is 2.26. The van der Waals surface area contributed by atoms with Crippen LogP contribution in [0.4, 0.5) is 9.59 Å². The SMILES string of the molecule is COC(=O)NCCC(=O)Pc1ncc(-c2ccc3c(c2)COc2c-3ccc3cc(-c4cnc(PC(=O)CCNC(=O)OC)[nH]4)ccc23)[nH]1. The Balaban J connectivity index is 1.12. The Kier molecular flexibility index (Phi) is 10.1. The van der Waals surface area contributed by atoms with Crippen LogP contribution in [0.3, 0.4) is 0 Å².